The summed E-state index contributed by atoms with van der Waals surface area (Å²) < 4.78 is 18.7. The highest BCUT2D eigenvalue weighted by molar-refractivity contribution is 7.98. The summed E-state index contributed by atoms with van der Waals surface area (Å²) in [5.41, 5.74) is 9.32. The Hall–Kier alpha value is -3.41. The topological polar surface area (TPSA) is 79.3 Å². The van der Waals surface area contributed by atoms with Gasteiger partial charge >= 0.3 is 0 Å². The lowest BCUT2D eigenvalue weighted by molar-refractivity contribution is 0.0804. The van der Waals surface area contributed by atoms with Crippen LogP contribution >= 0.6 is 35.1 Å². The van der Waals surface area contributed by atoms with Gasteiger partial charge in [-0.15, -0.1) is 23.5 Å². The number of ether oxygens (including phenoxy) is 2. The summed E-state index contributed by atoms with van der Waals surface area (Å²) >= 11 is 10.7. The summed E-state index contributed by atoms with van der Waals surface area (Å²) in [6.45, 7) is 2.32. The Morgan fingerprint density at radius 3 is 2.74 bits per heavy atom. The van der Waals surface area contributed by atoms with Gasteiger partial charge in [0.15, 0.2) is 0 Å². The molecule has 0 fully saturated rings. The Morgan fingerprint density at radius 2 is 1.85 bits per heavy atom. The number of aliphatic hydroxyl groups is 1. The summed E-state index contributed by atoms with van der Waals surface area (Å²) in [6, 6.07) is 19.1. The van der Waals surface area contributed by atoms with Crippen LogP contribution in [0, 0.1) is 0 Å². The molecule has 3 aromatic carbocycles. The molecule has 0 amide bonds. The molecule has 6 aromatic rings. The molecule has 8 rings (SSSR count). The summed E-state index contributed by atoms with van der Waals surface area (Å²) in [5, 5.41) is 24.7. The van der Waals surface area contributed by atoms with Crippen molar-refractivity contribution < 1.29 is 14.6 Å². The number of aryl methyl sites for hydroxylation is 3. The minimum absolute atomic E-state index is 0.0632. The van der Waals surface area contributed by atoms with Crippen LogP contribution in [0.5, 0.6) is 5.75 Å². The zero-order valence-electron chi connectivity index (χ0n) is 26.5. The highest BCUT2D eigenvalue weighted by Crippen LogP contribution is 2.44. The van der Waals surface area contributed by atoms with Crippen LogP contribution in [0.2, 0.25) is 5.02 Å². The molecule has 47 heavy (non-hydrogen) atoms. The van der Waals surface area contributed by atoms with Crippen molar-refractivity contribution in [2.75, 3.05) is 13.2 Å². The molecule has 2 aliphatic heterocycles. The van der Waals surface area contributed by atoms with E-state index in [1.165, 1.54) is 16.0 Å². The summed E-state index contributed by atoms with van der Waals surface area (Å²) in [4.78, 5) is 1.17. The van der Waals surface area contributed by atoms with Crippen LogP contribution in [-0.4, -0.2) is 42.4 Å². The summed E-state index contributed by atoms with van der Waals surface area (Å²) in [5.74, 6) is 3.19. The summed E-state index contributed by atoms with van der Waals surface area (Å²) in [7, 11) is 4.05. The minimum Gasteiger partial charge on any atom is -0.493 e. The molecule has 242 valence electrons. The molecule has 0 aliphatic carbocycles. The third-order valence-corrected chi connectivity index (χ3v) is 11.6. The largest absolute Gasteiger partial charge is 0.493 e. The molecule has 8 bridgehead atoms. The molecule has 5 heterocycles. The normalized spacial score (nSPS) is 15.7. The number of rotatable bonds is 1. The van der Waals surface area contributed by atoms with Crippen LogP contribution in [-0.2, 0) is 62.3 Å². The number of fused-ring (bicyclic) bond motifs is 10. The quantitative estimate of drug-likeness (QED) is 0.190. The SMILES string of the molecule is Cn1nc2cc1CSc1cc(c3ccccc3c1)OCCCc1c(CO)n(C)c3c(c(Cl)ccc13)-c1c(nn3c1COCC3)CSC2. The van der Waals surface area contributed by atoms with Crippen molar-refractivity contribution in [2.24, 2.45) is 14.1 Å². The lowest BCUT2D eigenvalue weighted by Gasteiger charge is -2.17. The zero-order valence-corrected chi connectivity index (χ0v) is 28.9. The average molecular weight is 686 g/mol. The number of aliphatic hydroxyl groups excluding tert-OH is 1. The molecule has 11 heteroatoms. The van der Waals surface area contributed by atoms with Gasteiger partial charge in [0.25, 0.3) is 0 Å². The molecule has 0 saturated carbocycles. The number of hydrogen-bond donors (Lipinski definition) is 1. The van der Waals surface area contributed by atoms with Gasteiger partial charge in [0.2, 0.25) is 0 Å². The number of aromatic nitrogens is 5. The number of thioether (sulfide) groups is 2. The average Bonchev–Trinajstić information content (AvgIpc) is 3.71. The van der Waals surface area contributed by atoms with Crippen molar-refractivity contribution in [3.8, 4) is 16.9 Å². The molecule has 3 aromatic heterocycles. The van der Waals surface area contributed by atoms with Crippen molar-refractivity contribution in [2.45, 2.75) is 54.8 Å². The third kappa shape index (κ3) is 5.64. The Kier molecular flexibility index (Phi) is 8.47. The number of nitrogens with zero attached hydrogens (tertiary/aromatic N) is 5. The maximum absolute atomic E-state index is 10.6. The van der Waals surface area contributed by atoms with Crippen molar-refractivity contribution in [1.82, 2.24) is 24.1 Å². The van der Waals surface area contributed by atoms with Gasteiger partial charge in [-0.2, -0.15) is 10.2 Å². The van der Waals surface area contributed by atoms with Gasteiger partial charge in [-0.25, -0.2) is 0 Å². The van der Waals surface area contributed by atoms with E-state index in [1.807, 2.05) is 36.6 Å². The fourth-order valence-electron chi connectivity index (χ4n) is 7.03. The van der Waals surface area contributed by atoms with Crippen molar-refractivity contribution in [3.63, 3.8) is 0 Å². The zero-order chi connectivity index (χ0) is 32.1. The lowest BCUT2D eigenvalue weighted by Crippen LogP contribution is -2.17. The van der Waals surface area contributed by atoms with E-state index in [0.29, 0.717) is 37.1 Å². The molecule has 0 spiro atoms. The highest BCUT2D eigenvalue weighted by atomic mass is 35.5. The Balaban J connectivity index is 1.25. The highest BCUT2D eigenvalue weighted by Gasteiger charge is 2.28. The van der Waals surface area contributed by atoms with E-state index in [-0.39, 0.29) is 6.61 Å². The first-order valence-corrected chi connectivity index (χ1v) is 18.5. The van der Waals surface area contributed by atoms with E-state index < -0.39 is 0 Å². The molecule has 0 radical (unpaired) electrons. The molecule has 0 unspecified atom stereocenters. The molecular formula is C36H36ClN5O3S2. The predicted octanol–water partition coefficient (Wildman–Crippen LogP) is 7.66. The van der Waals surface area contributed by atoms with Gasteiger partial charge in [-0.3, -0.25) is 9.36 Å². The maximum Gasteiger partial charge on any atom is 0.128 e. The second kappa shape index (κ2) is 12.9. The van der Waals surface area contributed by atoms with Crippen LogP contribution < -0.4 is 4.74 Å². The Labute approximate surface area is 287 Å². The fraction of sp³-hybridized carbons (Fsp3) is 0.333. The first kappa shape index (κ1) is 30.9. The number of hydrogen-bond acceptors (Lipinski definition) is 7. The smallest absolute Gasteiger partial charge is 0.128 e. The molecule has 0 atom stereocenters. The molecule has 2 aliphatic rings. The van der Waals surface area contributed by atoms with Gasteiger partial charge in [0.1, 0.15) is 5.75 Å². The first-order chi connectivity index (χ1) is 23.0. The second-order valence-corrected chi connectivity index (χ2v) is 14.6. The predicted molar refractivity (Wildman–Crippen MR) is 190 cm³/mol. The molecule has 1 N–H and O–H groups in total. The van der Waals surface area contributed by atoms with Crippen molar-refractivity contribution in [3.05, 3.63) is 93.7 Å². The number of halogens is 1. The first-order valence-electron chi connectivity index (χ1n) is 15.9. The second-order valence-electron chi connectivity index (χ2n) is 12.1. The monoisotopic (exact) mass is 685 g/mol. The van der Waals surface area contributed by atoms with E-state index in [9.17, 15) is 5.11 Å². The minimum atomic E-state index is -0.0632. The van der Waals surface area contributed by atoms with E-state index in [4.69, 9.17) is 31.3 Å². The maximum atomic E-state index is 10.6. The lowest BCUT2D eigenvalue weighted by atomic mass is 9.98. The van der Waals surface area contributed by atoms with Crippen LogP contribution in [0.1, 0.15) is 40.5 Å². The van der Waals surface area contributed by atoms with Gasteiger partial charge in [-0.05, 0) is 48.1 Å². The van der Waals surface area contributed by atoms with Crippen molar-refractivity contribution >= 4 is 56.8 Å². The third-order valence-electron chi connectivity index (χ3n) is 9.29. The van der Waals surface area contributed by atoms with Crippen LogP contribution in [0.15, 0.2) is 59.5 Å². The number of benzene rings is 3. The Bertz CT molecular complexity index is 2130. The van der Waals surface area contributed by atoms with Crippen LogP contribution in [0.25, 0.3) is 32.8 Å². The van der Waals surface area contributed by atoms with Gasteiger partial charge < -0.3 is 19.1 Å². The van der Waals surface area contributed by atoms with Gasteiger partial charge in [0, 0.05) is 69.5 Å². The van der Waals surface area contributed by atoms with E-state index in [0.717, 1.165) is 85.9 Å². The molecular weight excluding hydrogens is 650 g/mol. The molecule has 8 nitrogen and oxygen atoms in total. The van der Waals surface area contributed by atoms with Crippen LogP contribution in [0.4, 0.5) is 0 Å². The van der Waals surface area contributed by atoms with E-state index in [1.54, 1.807) is 11.8 Å². The van der Waals surface area contributed by atoms with Crippen LogP contribution in [0.3, 0.4) is 0 Å². The summed E-state index contributed by atoms with van der Waals surface area (Å²) in [6.07, 6.45) is 1.56. The fourth-order valence-corrected chi connectivity index (χ4v) is 9.11. The van der Waals surface area contributed by atoms with E-state index >= 15 is 0 Å². The van der Waals surface area contributed by atoms with Crippen molar-refractivity contribution in [1.29, 1.82) is 0 Å². The standard InChI is InChI=1S/C36H36ClN5O3S2/c1-40-31(17-43)27-8-5-12-45-33-16-25(14-22-6-3-4-7-26(22)33)47-20-24-15-23(38-41(24)2)19-46-21-30-35(32-18-44-13-11-42(32)39-30)34-29(37)10-9-28(27)36(34)40/h3-4,6-7,9-10,14-16,43H,5,8,11-13,17-21H2,1-2H3. The van der Waals surface area contributed by atoms with Gasteiger partial charge in [-0.1, -0.05) is 41.9 Å². The van der Waals surface area contributed by atoms with E-state index in [2.05, 4.69) is 57.8 Å². The van der Waals surface area contributed by atoms with Gasteiger partial charge in [0.05, 0.1) is 60.6 Å². The Morgan fingerprint density at radius 1 is 0.957 bits per heavy atom. The molecule has 0 saturated heterocycles.